The minimum atomic E-state index is 0.269. The fourth-order valence-electron chi connectivity index (χ4n) is 2.31. The molecule has 0 unspecified atom stereocenters. The van der Waals surface area contributed by atoms with Gasteiger partial charge in [0, 0.05) is 25.7 Å². The zero-order valence-corrected chi connectivity index (χ0v) is 14.9. The van der Waals surface area contributed by atoms with E-state index in [0.29, 0.717) is 18.2 Å². The third-order valence-corrected chi connectivity index (χ3v) is 3.99. The number of aliphatic imine (C=N–C) groups is 1. The summed E-state index contributed by atoms with van der Waals surface area (Å²) in [4.78, 5) is 4.65. The van der Waals surface area contributed by atoms with Crippen LogP contribution in [-0.2, 0) is 6.42 Å². The third-order valence-electron chi connectivity index (χ3n) is 3.99. The lowest BCUT2D eigenvalue weighted by Crippen LogP contribution is -2.38. The van der Waals surface area contributed by atoms with Gasteiger partial charge in [-0.15, -0.1) is 0 Å². The molecule has 0 saturated carbocycles. The molecule has 0 atom stereocenters. The summed E-state index contributed by atoms with van der Waals surface area (Å²) in [6.07, 6.45) is 3.03. The van der Waals surface area contributed by atoms with Gasteiger partial charge in [-0.05, 0) is 30.9 Å². The van der Waals surface area contributed by atoms with Crippen molar-refractivity contribution >= 4 is 5.96 Å². The highest BCUT2D eigenvalue weighted by molar-refractivity contribution is 5.79. The van der Waals surface area contributed by atoms with Crippen molar-refractivity contribution in [1.29, 1.82) is 0 Å². The van der Waals surface area contributed by atoms with E-state index in [2.05, 4.69) is 36.4 Å². The SMILES string of the molecule is CCNC(=NCC(CC)CC)NCCc1ccc(OC)cc1O. The Bertz CT molecular complexity index is 485. The number of hydrogen-bond donors (Lipinski definition) is 3. The van der Waals surface area contributed by atoms with Gasteiger partial charge in [0.2, 0.25) is 0 Å². The molecule has 0 amide bonds. The molecule has 0 saturated heterocycles. The lowest BCUT2D eigenvalue weighted by atomic mass is 10.0. The second-order valence-corrected chi connectivity index (χ2v) is 5.57. The molecule has 1 aromatic rings. The predicted octanol–water partition coefficient (Wildman–Crippen LogP) is 2.93. The molecule has 5 nitrogen and oxygen atoms in total. The topological polar surface area (TPSA) is 65.9 Å². The first-order chi connectivity index (χ1) is 11.1. The number of hydrogen-bond acceptors (Lipinski definition) is 3. The molecule has 23 heavy (non-hydrogen) atoms. The molecule has 1 aromatic carbocycles. The van der Waals surface area contributed by atoms with Crippen molar-refractivity contribution in [3.05, 3.63) is 23.8 Å². The van der Waals surface area contributed by atoms with E-state index in [0.717, 1.165) is 43.9 Å². The van der Waals surface area contributed by atoms with Crippen LogP contribution in [0.25, 0.3) is 0 Å². The summed E-state index contributed by atoms with van der Waals surface area (Å²) in [6, 6.07) is 5.40. The van der Waals surface area contributed by atoms with Crippen LogP contribution in [0.4, 0.5) is 0 Å². The van der Waals surface area contributed by atoms with E-state index < -0.39 is 0 Å². The monoisotopic (exact) mass is 321 g/mol. The summed E-state index contributed by atoms with van der Waals surface area (Å²) in [5, 5.41) is 16.6. The van der Waals surface area contributed by atoms with Gasteiger partial charge in [-0.3, -0.25) is 4.99 Å². The van der Waals surface area contributed by atoms with Crippen molar-refractivity contribution in [1.82, 2.24) is 10.6 Å². The molecular weight excluding hydrogens is 290 g/mol. The third kappa shape index (κ3) is 6.80. The zero-order valence-electron chi connectivity index (χ0n) is 14.9. The van der Waals surface area contributed by atoms with Crippen LogP contribution >= 0.6 is 0 Å². The maximum absolute atomic E-state index is 9.98. The fraction of sp³-hybridized carbons (Fsp3) is 0.611. The van der Waals surface area contributed by atoms with Gasteiger partial charge in [0.05, 0.1) is 7.11 Å². The van der Waals surface area contributed by atoms with Crippen molar-refractivity contribution in [2.75, 3.05) is 26.7 Å². The smallest absolute Gasteiger partial charge is 0.191 e. The molecule has 130 valence electrons. The summed E-state index contributed by atoms with van der Waals surface area (Å²) in [5.74, 6) is 2.41. The summed E-state index contributed by atoms with van der Waals surface area (Å²) in [5.41, 5.74) is 0.897. The fourth-order valence-corrected chi connectivity index (χ4v) is 2.31. The lowest BCUT2D eigenvalue weighted by Gasteiger charge is -2.14. The highest BCUT2D eigenvalue weighted by Crippen LogP contribution is 2.23. The van der Waals surface area contributed by atoms with Crippen LogP contribution in [0.3, 0.4) is 0 Å². The van der Waals surface area contributed by atoms with Gasteiger partial charge in [-0.25, -0.2) is 0 Å². The Hall–Kier alpha value is -1.91. The predicted molar refractivity (Wildman–Crippen MR) is 96.4 cm³/mol. The summed E-state index contributed by atoms with van der Waals surface area (Å²) in [6.45, 7) is 8.86. The van der Waals surface area contributed by atoms with E-state index in [-0.39, 0.29) is 5.75 Å². The number of nitrogens with one attached hydrogen (secondary N) is 2. The molecule has 0 bridgehead atoms. The Morgan fingerprint density at radius 2 is 1.96 bits per heavy atom. The largest absolute Gasteiger partial charge is 0.508 e. The molecule has 5 heteroatoms. The van der Waals surface area contributed by atoms with Crippen LogP contribution in [0, 0.1) is 5.92 Å². The zero-order chi connectivity index (χ0) is 17.1. The van der Waals surface area contributed by atoms with E-state index in [4.69, 9.17) is 4.74 Å². The molecule has 3 N–H and O–H groups in total. The Kier molecular flexibility index (Phi) is 8.95. The van der Waals surface area contributed by atoms with E-state index in [1.54, 1.807) is 13.2 Å². The van der Waals surface area contributed by atoms with Crippen molar-refractivity contribution in [2.24, 2.45) is 10.9 Å². The highest BCUT2D eigenvalue weighted by Gasteiger charge is 2.05. The van der Waals surface area contributed by atoms with E-state index >= 15 is 0 Å². The molecule has 0 aliphatic carbocycles. The summed E-state index contributed by atoms with van der Waals surface area (Å²) >= 11 is 0. The van der Waals surface area contributed by atoms with Gasteiger partial charge < -0.3 is 20.5 Å². The molecule has 0 heterocycles. The van der Waals surface area contributed by atoms with Gasteiger partial charge in [0.25, 0.3) is 0 Å². The van der Waals surface area contributed by atoms with E-state index in [9.17, 15) is 5.11 Å². The molecule has 0 aliphatic heterocycles. The molecule has 0 aliphatic rings. The molecule has 0 aromatic heterocycles. The summed E-state index contributed by atoms with van der Waals surface area (Å²) in [7, 11) is 1.59. The van der Waals surface area contributed by atoms with Crippen molar-refractivity contribution in [3.8, 4) is 11.5 Å². The van der Waals surface area contributed by atoms with Gasteiger partial charge in [0.1, 0.15) is 11.5 Å². The van der Waals surface area contributed by atoms with E-state index in [1.807, 2.05) is 12.1 Å². The minimum absolute atomic E-state index is 0.269. The lowest BCUT2D eigenvalue weighted by molar-refractivity contribution is 0.406. The second kappa shape index (κ2) is 10.8. The van der Waals surface area contributed by atoms with Crippen LogP contribution in [0.5, 0.6) is 11.5 Å². The normalized spacial score (nSPS) is 11.6. The van der Waals surface area contributed by atoms with Crippen molar-refractivity contribution < 1.29 is 9.84 Å². The highest BCUT2D eigenvalue weighted by atomic mass is 16.5. The molecule has 0 radical (unpaired) electrons. The molecule has 0 fully saturated rings. The maximum Gasteiger partial charge on any atom is 0.191 e. The number of rotatable bonds is 9. The number of ether oxygens (including phenoxy) is 1. The molecular formula is C18H31N3O2. The number of methoxy groups -OCH3 is 1. The van der Waals surface area contributed by atoms with Gasteiger partial charge >= 0.3 is 0 Å². The van der Waals surface area contributed by atoms with Crippen LogP contribution < -0.4 is 15.4 Å². The number of nitrogens with zero attached hydrogens (tertiary/aromatic N) is 1. The Labute approximate surface area is 140 Å². The van der Waals surface area contributed by atoms with E-state index in [1.165, 1.54) is 0 Å². The number of phenolic OH excluding ortho intramolecular Hbond substituents is 1. The number of phenols is 1. The van der Waals surface area contributed by atoms with Crippen LogP contribution in [-0.4, -0.2) is 37.8 Å². The number of benzene rings is 1. The average molecular weight is 321 g/mol. The first kappa shape index (κ1) is 19.1. The van der Waals surface area contributed by atoms with Crippen LogP contribution in [0.1, 0.15) is 39.2 Å². The van der Waals surface area contributed by atoms with Gasteiger partial charge in [-0.1, -0.05) is 32.8 Å². The first-order valence-electron chi connectivity index (χ1n) is 8.52. The number of aromatic hydroxyl groups is 1. The Balaban J connectivity index is 2.53. The van der Waals surface area contributed by atoms with Crippen LogP contribution in [0.2, 0.25) is 0 Å². The first-order valence-corrected chi connectivity index (χ1v) is 8.52. The van der Waals surface area contributed by atoms with Gasteiger partial charge in [0.15, 0.2) is 5.96 Å². The quantitative estimate of drug-likeness (QED) is 0.483. The maximum atomic E-state index is 9.98. The Morgan fingerprint density at radius 1 is 1.22 bits per heavy atom. The standard InChI is InChI=1S/C18H31N3O2/c1-5-14(6-2)13-21-18(19-7-3)20-11-10-15-8-9-16(23-4)12-17(15)22/h8-9,12,14,22H,5-7,10-11,13H2,1-4H3,(H2,19,20,21). The second-order valence-electron chi connectivity index (χ2n) is 5.57. The van der Waals surface area contributed by atoms with Crippen molar-refractivity contribution in [2.45, 2.75) is 40.0 Å². The van der Waals surface area contributed by atoms with Crippen LogP contribution in [0.15, 0.2) is 23.2 Å². The molecule has 1 rings (SSSR count). The Morgan fingerprint density at radius 3 is 2.52 bits per heavy atom. The molecule has 0 spiro atoms. The number of guanidine groups is 1. The minimum Gasteiger partial charge on any atom is -0.508 e. The summed E-state index contributed by atoms with van der Waals surface area (Å²) < 4.78 is 5.10. The average Bonchev–Trinajstić information content (AvgIpc) is 2.57. The van der Waals surface area contributed by atoms with Gasteiger partial charge in [-0.2, -0.15) is 0 Å². The van der Waals surface area contributed by atoms with Crippen molar-refractivity contribution in [3.63, 3.8) is 0 Å².